The van der Waals surface area contributed by atoms with E-state index >= 15 is 0 Å². The second kappa shape index (κ2) is 11.8. The van der Waals surface area contributed by atoms with Gasteiger partial charge in [0, 0.05) is 45.4 Å². The number of hydrogen-bond acceptors (Lipinski definition) is 4. The summed E-state index contributed by atoms with van der Waals surface area (Å²) in [6, 6.07) is 23.6. The molecule has 2 saturated heterocycles. The van der Waals surface area contributed by atoms with Crippen molar-refractivity contribution in [2.45, 2.75) is 38.8 Å². The lowest BCUT2D eigenvalue weighted by atomic mass is 9.91. The van der Waals surface area contributed by atoms with Crippen molar-refractivity contribution < 1.29 is 10.2 Å². The molecule has 2 heterocycles. The van der Waals surface area contributed by atoms with Crippen molar-refractivity contribution in [2.75, 3.05) is 26.2 Å². The van der Waals surface area contributed by atoms with Gasteiger partial charge < -0.3 is 10.2 Å². The molecule has 40 heavy (non-hydrogen) atoms. The Kier molecular flexibility index (Phi) is 8.04. The second-order valence-electron chi connectivity index (χ2n) is 11.0. The lowest BCUT2D eigenvalue weighted by Gasteiger charge is -2.21. The third kappa shape index (κ3) is 5.87. The molecule has 0 atom stereocenters. The number of likely N-dealkylation sites (tertiary alicyclic amines) is 2. The summed E-state index contributed by atoms with van der Waals surface area (Å²) in [6.45, 7) is 5.56. The molecular weight excluding hydrogens is 539 g/mol. The maximum atomic E-state index is 11.5. The first-order valence-corrected chi connectivity index (χ1v) is 14.9. The Bertz CT molecular complexity index is 1380. The van der Waals surface area contributed by atoms with E-state index in [1.165, 1.54) is 25.7 Å². The molecule has 4 nitrogen and oxygen atoms in total. The van der Waals surface area contributed by atoms with Gasteiger partial charge in [-0.3, -0.25) is 9.80 Å². The van der Waals surface area contributed by atoms with Crippen LogP contribution in [0, 0.1) is 0 Å². The summed E-state index contributed by atoms with van der Waals surface area (Å²) in [5.41, 5.74) is 7.24. The molecule has 2 aliphatic rings. The third-order valence-electron chi connectivity index (χ3n) is 8.21. The zero-order valence-electron chi connectivity index (χ0n) is 22.5. The summed E-state index contributed by atoms with van der Waals surface area (Å²) >= 11 is 12.4. The minimum absolute atomic E-state index is 0.312. The van der Waals surface area contributed by atoms with Gasteiger partial charge in [0.15, 0.2) is 0 Å². The van der Waals surface area contributed by atoms with E-state index in [0.29, 0.717) is 34.6 Å². The SMILES string of the molecule is Oc1c(CN2CCCC2)cc(-c2cc(CN3CCCC3)c(O)c(-c3ccc(Cl)cc3)c2)cc1-c1ccc(Cl)cc1. The number of phenolic OH excluding ortho intramolecular Hbond substituents is 2. The molecule has 4 aromatic carbocycles. The van der Waals surface area contributed by atoms with Gasteiger partial charge in [0.25, 0.3) is 0 Å². The van der Waals surface area contributed by atoms with Crippen LogP contribution >= 0.6 is 23.2 Å². The lowest BCUT2D eigenvalue weighted by molar-refractivity contribution is 0.324. The van der Waals surface area contributed by atoms with Crippen LogP contribution in [-0.2, 0) is 13.1 Å². The Hall–Kier alpha value is -3.02. The fourth-order valence-corrected chi connectivity index (χ4v) is 6.28. The minimum atomic E-state index is 0.312. The molecule has 0 spiro atoms. The van der Waals surface area contributed by atoms with Gasteiger partial charge in [-0.1, -0.05) is 47.5 Å². The maximum absolute atomic E-state index is 11.5. The Balaban J connectivity index is 1.51. The number of rotatable bonds is 7. The average molecular weight is 574 g/mol. The molecular formula is C34H34Cl2N2O2. The predicted octanol–water partition coefficient (Wildman–Crippen LogP) is 8.60. The maximum Gasteiger partial charge on any atom is 0.127 e. The normalized spacial score (nSPS) is 16.1. The molecule has 2 aliphatic heterocycles. The minimum Gasteiger partial charge on any atom is -0.507 e. The number of hydrogen-bond donors (Lipinski definition) is 2. The molecule has 6 heteroatoms. The van der Waals surface area contributed by atoms with Crippen molar-refractivity contribution in [3.63, 3.8) is 0 Å². The molecule has 0 aliphatic carbocycles. The van der Waals surface area contributed by atoms with E-state index in [4.69, 9.17) is 23.2 Å². The highest BCUT2D eigenvalue weighted by Crippen LogP contribution is 2.42. The highest BCUT2D eigenvalue weighted by atomic mass is 35.5. The molecule has 6 rings (SSSR count). The van der Waals surface area contributed by atoms with Crippen LogP contribution in [0.4, 0.5) is 0 Å². The monoisotopic (exact) mass is 572 g/mol. The van der Waals surface area contributed by atoms with Crippen LogP contribution in [0.3, 0.4) is 0 Å². The highest BCUT2D eigenvalue weighted by molar-refractivity contribution is 6.31. The summed E-state index contributed by atoms with van der Waals surface area (Å²) in [6.07, 6.45) is 4.75. The van der Waals surface area contributed by atoms with Crippen LogP contribution < -0.4 is 0 Å². The summed E-state index contributed by atoms with van der Waals surface area (Å²) < 4.78 is 0. The highest BCUT2D eigenvalue weighted by Gasteiger charge is 2.21. The van der Waals surface area contributed by atoms with Crippen molar-refractivity contribution in [3.05, 3.63) is 94.0 Å². The predicted molar refractivity (Wildman–Crippen MR) is 165 cm³/mol. The number of halogens is 2. The van der Waals surface area contributed by atoms with E-state index in [1.54, 1.807) is 0 Å². The van der Waals surface area contributed by atoms with Gasteiger partial charge >= 0.3 is 0 Å². The summed E-state index contributed by atoms with van der Waals surface area (Å²) in [4.78, 5) is 4.80. The molecule has 0 amide bonds. The molecule has 2 N–H and O–H groups in total. The van der Waals surface area contributed by atoms with Crippen molar-refractivity contribution in [2.24, 2.45) is 0 Å². The first-order valence-electron chi connectivity index (χ1n) is 14.1. The van der Waals surface area contributed by atoms with E-state index < -0.39 is 0 Å². The fourth-order valence-electron chi connectivity index (χ4n) is 6.03. The second-order valence-corrected chi connectivity index (χ2v) is 11.9. The van der Waals surface area contributed by atoms with Crippen LogP contribution in [0.15, 0.2) is 72.8 Å². The first-order chi connectivity index (χ1) is 19.4. The molecule has 0 bridgehead atoms. The summed E-state index contributed by atoms with van der Waals surface area (Å²) in [5, 5.41) is 24.3. The molecule has 0 saturated carbocycles. The van der Waals surface area contributed by atoms with E-state index in [9.17, 15) is 10.2 Å². The fraction of sp³-hybridized carbons (Fsp3) is 0.294. The van der Waals surface area contributed by atoms with Gasteiger partial charge in [0.05, 0.1) is 0 Å². The number of aromatic hydroxyl groups is 2. The van der Waals surface area contributed by atoms with Crippen molar-refractivity contribution >= 4 is 23.2 Å². The van der Waals surface area contributed by atoms with Gasteiger partial charge in [-0.05, 0) is 123 Å². The topological polar surface area (TPSA) is 46.9 Å². The quantitative estimate of drug-likeness (QED) is 0.233. The summed E-state index contributed by atoms with van der Waals surface area (Å²) in [5.74, 6) is 0.624. The van der Waals surface area contributed by atoms with Gasteiger partial charge in [-0.2, -0.15) is 0 Å². The number of benzene rings is 4. The van der Waals surface area contributed by atoms with E-state index in [1.807, 2.05) is 48.5 Å². The van der Waals surface area contributed by atoms with E-state index in [2.05, 4.69) is 34.1 Å². The van der Waals surface area contributed by atoms with Crippen LogP contribution in [0.2, 0.25) is 10.0 Å². The first kappa shape index (κ1) is 27.2. The number of phenols is 2. The summed E-state index contributed by atoms with van der Waals surface area (Å²) in [7, 11) is 0. The molecule has 4 aromatic rings. The molecule has 0 unspecified atom stereocenters. The van der Waals surface area contributed by atoms with Gasteiger partial charge in [-0.15, -0.1) is 0 Å². The Morgan fingerprint density at radius 2 is 0.850 bits per heavy atom. The van der Waals surface area contributed by atoms with Gasteiger partial charge in [0.2, 0.25) is 0 Å². The zero-order valence-corrected chi connectivity index (χ0v) is 24.1. The Morgan fingerprint density at radius 3 is 1.20 bits per heavy atom. The zero-order chi connectivity index (χ0) is 27.6. The van der Waals surface area contributed by atoms with Gasteiger partial charge in [0.1, 0.15) is 11.5 Å². The molecule has 0 radical (unpaired) electrons. The van der Waals surface area contributed by atoms with Crippen LogP contribution in [0.5, 0.6) is 11.5 Å². The molecule has 0 aromatic heterocycles. The largest absolute Gasteiger partial charge is 0.507 e. The van der Waals surface area contributed by atoms with Crippen LogP contribution in [-0.4, -0.2) is 46.2 Å². The Morgan fingerprint density at radius 1 is 0.500 bits per heavy atom. The third-order valence-corrected chi connectivity index (χ3v) is 8.71. The molecule has 2 fully saturated rings. The molecule has 206 valence electrons. The van der Waals surface area contributed by atoms with Crippen LogP contribution in [0.1, 0.15) is 36.8 Å². The van der Waals surface area contributed by atoms with E-state index in [0.717, 1.165) is 70.7 Å². The van der Waals surface area contributed by atoms with Crippen LogP contribution in [0.25, 0.3) is 33.4 Å². The number of nitrogens with zero attached hydrogens (tertiary/aromatic N) is 2. The lowest BCUT2D eigenvalue weighted by Crippen LogP contribution is -2.18. The smallest absolute Gasteiger partial charge is 0.127 e. The van der Waals surface area contributed by atoms with Gasteiger partial charge in [-0.25, -0.2) is 0 Å². The van der Waals surface area contributed by atoms with Crippen molar-refractivity contribution in [3.8, 4) is 44.9 Å². The Labute approximate surface area is 246 Å². The van der Waals surface area contributed by atoms with Crippen molar-refractivity contribution in [1.82, 2.24) is 9.80 Å². The average Bonchev–Trinajstić information content (AvgIpc) is 3.67. The van der Waals surface area contributed by atoms with Crippen molar-refractivity contribution in [1.29, 1.82) is 0 Å². The van der Waals surface area contributed by atoms with E-state index in [-0.39, 0.29) is 0 Å². The standard InChI is InChI=1S/C34H34Cl2N2O2/c35-29-9-5-23(6-10-29)31-19-25(17-27(33(31)39)21-37-13-1-2-14-37)26-18-28(22-38-15-3-4-16-38)34(40)32(20-26)24-7-11-30(36)12-8-24/h5-12,17-20,39-40H,1-4,13-16,21-22H2.